The Morgan fingerprint density at radius 2 is 1.96 bits per heavy atom. The lowest BCUT2D eigenvalue weighted by molar-refractivity contribution is -0.151. The first-order chi connectivity index (χ1) is 12.5. The molecule has 0 unspecified atom stereocenters. The number of carbonyl (C=O) groups excluding carboxylic acids is 2. The maximum absolute atomic E-state index is 12.8. The number of hydrogen-bond acceptors (Lipinski definition) is 5. The summed E-state index contributed by atoms with van der Waals surface area (Å²) in [6, 6.07) is 10.1. The molecule has 2 aromatic rings. The number of hydrogen-bond donors (Lipinski definition) is 0. The molecule has 0 saturated carbocycles. The van der Waals surface area contributed by atoms with Crippen molar-refractivity contribution >= 4 is 34.3 Å². The normalized spacial score (nSPS) is 19.8. The van der Waals surface area contributed by atoms with Gasteiger partial charge in [0.2, 0.25) is 0 Å². The molecule has 1 aliphatic rings. The molecule has 0 aliphatic heterocycles. The number of ether oxygens (including phenoxy) is 1. The van der Waals surface area contributed by atoms with E-state index in [1.54, 1.807) is 24.3 Å². The number of carbonyl (C=O) groups is 2. The Morgan fingerprint density at radius 3 is 2.54 bits per heavy atom. The second-order valence-corrected chi connectivity index (χ2v) is 7.39. The van der Waals surface area contributed by atoms with Gasteiger partial charge in [-0.05, 0) is 65.1 Å². The molecular weight excluding hydrogens is 346 g/mol. The summed E-state index contributed by atoms with van der Waals surface area (Å²) in [5.74, 6) is -1.59. The molecule has 0 N–H and O–H groups in total. The zero-order valence-electron chi connectivity index (χ0n) is 15.3. The van der Waals surface area contributed by atoms with E-state index >= 15 is 0 Å². The summed E-state index contributed by atoms with van der Waals surface area (Å²) in [5, 5.41) is 4.04. The first kappa shape index (κ1) is 18.4. The largest absolute Gasteiger partial charge is 0.465 e. The van der Waals surface area contributed by atoms with E-state index in [0.717, 1.165) is 22.4 Å². The molecule has 4 nitrogen and oxygen atoms in total. The highest BCUT2D eigenvalue weighted by molar-refractivity contribution is 7.08. The van der Waals surface area contributed by atoms with Gasteiger partial charge in [0.25, 0.3) is 0 Å². The van der Waals surface area contributed by atoms with Crippen LogP contribution in [0.1, 0.15) is 30.4 Å². The molecular formula is C21H23NO3S. The summed E-state index contributed by atoms with van der Waals surface area (Å²) in [7, 11) is 3.97. The molecule has 0 spiro atoms. The van der Waals surface area contributed by atoms with E-state index in [4.69, 9.17) is 4.74 Å². The van der Waals surface area contributed by atoms with Crippen LogP contribution in [0.2, 0.25) is 0 Å². The fourth-order valence-electron chi connectivity index (χ4n) is 3.36. The Balaban J connectivity index is 1.98. The van der Waals surface area contributed by atoms with E-state index in [1.165, 1.54) is 0 Å². The van der Waals surface area contributed by atoms with Crippen molar-refractivity contribution in [1.82, 2.24) is 0 Å². The third-order valence-corrected chi connectivity index (χ3v) is 5.42. The Hall–Kier alpha value is -2.40. The van der Waals surface area contributed by atoms with Gasteiger partial charge in [0, 0.05) is 25.7 Å². The van der Waals surface area contributed by atoms with Gasteiger partial charge in [-0.1, -0.05) is 12.1 Å². The molecule has 0 amide bonds. The summed E-state index contributed by atoms with van der Waals surface area (Å²) in [5.41, 5.74) is 4.11. The van der Waals surface area contributed by atoms with Gasteiger partial charge in [0.1, 0.15) is 5.92 Å². The van der Waals surface area contributed by atoms with Gasteiger partial charge in [0.05, 0.1) is 6.61 Å². The minimum absolute atomic E-state index is 0.169. The molecule has 3 rings (SSSR count). The quantitative estimate of drug-likeness (QED) is 0.587. The molecule has 0 fully saturated rings. The standard InChI is InChI=1S/C21H23NO3S/c1-4-25-21(24)20-18(14-5-7-17(8-6-14)22(2)3)11-16(12-19(20)23)15-9-10-26-13-15/h5-10,12-13,18,20H,4,11H2,1-3H3/t18-,20-/m0/s1. The van der Waals surface area contributed by atoms with Crippen LogP contribution in [0.25, 0.3) is 5.57 Å². The topological polar surface area (TPSA) is 46.6 Å². The number of benzene rings is 1. The highest BCUT2D eigenvalue weighted by Gasteiger charge is 2.39. The van der Waals surface area contributed by atoms with Gasteiger partial charge in [0.15, 0.2) is 5.78 Å². The molecule has 1 aromatic heterocycles. The van der Waals surface area contributed by atoms with E-state index in [1.807, 2.05) is 60.1 Å². The first-order valence-corrected chi connectivity index (χ1v) is 9.66. The molecule has 26 heavy (non-hydrogen) atoms. The van der Waals surface area contributed by atoms with Gasteiger partial charge >= 0.3 is 5.97 Å². The van der Waals surface area contributed by atoms with Gasteiger partial charge in [-0.2, -0.15) is 11.3 Å². The van der Waals surface area contributed by atoms with Gasteiger partial charge < -0.3 is 9.64 Å². The Bertz CT molecular complexity index is 806. The lowest BCUT2D eigenvalue weighted by atomic mass is 9.74. The molecule has 1 heterocycles. The molecule has 5 heteroatoms. The third kappa shape index (κ3) is 3.73. The van der Waals surface area contributed by atoms with Crippen LogP contribution in [0.15, 0.2) is 47.2 Å². The highest BCUT2D eigenvalue weighted by atomic mass is 32.1. The lowest BCUT2D eigenvalue weighted by Gasteiger charge is -2.29. The van der Waals surface area contributed by atoms with Crippen LogP contribution in [0.4, 0.5) is 5.69 Å². The summed E-state index contributed by atoms with van der Waals surface area (Å²) >= 11 is 1.60. The van der Waals surface area contributed by atoms with Crippen LogP contribution < -0.4 is 4.90 Å². The van der Waals surface area contributed by atoms with Crippen molar-refractivity contribution in [3.05, 3.63) is 58.3 Å². The average molecular weight is 369 g/mol. The highest BCUT2D eigenvalue weighted by Crippen LogP contribution is 2.41. The lowest BCUT2D eigenvalue weighted by Crippen LogP contribution is -2.34. The number of nitrogens with zero attached hydrogens (tertiary/aromatic N) is 1. The molecule has 1 aliphatic carbocycles. The van der Waals surface area contributed by atoms with E-state index in [2.05, 4.69) is 0 Å². The van der Waals surface area contributed by atoms with Crippen molar-refractivity contribution in [2.45, 2.75) is 19.3 Å². The Labute approximate surface area is 158 Å². The fourth-order valence-corrected chi connectivity index (χ4v) is 4.04. The summed E-state index contributed by atoms with van der Waals surface area (Å²) in [6.07, 6.45) is 2.27. The molecule has 0 saturated heterocycles. The van der Waals surface area contributed by atoms with Crippen molar-refractivity contribution in [1.29, 1.82) is 0 Å². The number of esters is 1. The van der Waals surface area contributed by atoms with Crippen LogP contribution in [0.5, 0.6) is 0 Å². The van der Waals surface area contributed by atoms with E-state index in [-0.39, 0.29) is 18.3 Å². The maximum atomic E-state index is 12.8. The minimum atomic E-state index is -0.775. The van der Waals surface area contributed by atoms with Crippen molar-refractivity contribution in [2.24, 2.45) is 5.92 Å². The van der Waals surface area contributed by atoms with Crippen LogP contribution in [0.3, 0.4) is 0 Å². The van der Waals surface area contributed by atoms with Crippen LogP contribution in [-0.4, -0.2) is 32.5 Å². The second-order valence-electron chi connectivity index (χ2n) is 6.61. The molecule has 1 aromatic carbocycles. The smallest absolute Gasteiger partial charge is 0.317 e. The van der Waals surface area contributed by atoms with Crippen LogP contribution >= 0.6 is 11.3 Å². The number of rotatable bonds is 5. The van der Waals surface area contributed by atoms with Crippen LogP contribution in [0, 0.1) is 5.92 Å². The maximum Gasteiger partial charge on any atom is 0.317 e. The minimum Gasteiger partial charge on any atom is -0.465 e. The predicted molar refractivity (Wildman–Crippen MR) is 106 cm³/mol. The average Bonchev–Trinajstić information content (AvgIpc) is 3.16. The Morgan fingerprint density at radius 1 is 1.23 bits per heavy atom. The van der Waals surface area contributed by atoms with Gasteiger partial charge in [-0.15, -0.1) is 0 Å². The monoisotopic (exact) mass is 369 g/mol. The SMILES string of the molecule is CCOC(=O)[C@@H]1C(=O)C=C(c2ccsc2)C[C@H]1c1ccc(N(C)C)cc1. The van der Waals surface area contributed by atoms with Gasteiger partial charge in [-0.3, -0.25) is 9.59 Å². The van der Waals surface area contributed by atoms with Crippen molar-refractivity contribution in [2.75, 3.05) is 25.6 Å². The van der Waals surface area contributed by atoms with Gasteiger partial charge in [-0.25, -0.2) is 0 Å². The summed E-state index contributed by atoms with van der Waals surface area (Å²) in [4.78, 5) is 27.3. The molecule has 2 atom stereocenters. The van der Waals surface area contributed by atoms with E-state index in [9.17, 15) is 9.59 Å². The molecule has 0 bridgehead atoms. The van der Waals surface area contributed by atoms with Crippen molar-refractivity contribution in [3.63, 3.8) is 0 Å². The predicted octanol–water partition coefficient (Wildman–Crippen LogP) is 4.13. The van der Waals surface area contributed by atoms with Crippen molar-refractivity contribution in [3.8, 4) is 0 Å². The first-order valence-electron chi connectivity index (χ1n) is 8.72. The zero-order chi connectivity index (χ0) is 18.7. The van der Waals surface area contributed by atoms with E-state index < -0.39 is 11.9 Å². The second kappa shape index (κ2) is 7.87. The summed E-state index contributed by atoms with van der Waals surface area (Å²) in [6.45, 7) is 2.04. The number of allylic oxidation sites excluding steroid dienone is 2. The van der Waals surface area contributed by atoms with Crippen LogP contribution in [-0.2, 0) is 14.3 Å². The third-order valence-electron chi connectivity index (χ3n) is 4.74. The van der Waals surface area contributed by atoms with Crippen molar-refractivity contribution < 1.29 is 14.3 Å². The number of thiophene rings is 1. The zero-order valence-corrected chi connectivity index (χ0v) is 16.1. The molecule has 136 valence electrons. The fraction of sp³-hybridized carbons (Fsp3) is 0.333. The van der Waals surface area contributed by atoms with E-state index in [0.29, 0.717) is 6.42 Å². The Kier molecular flexibility index (Phi) is 5.57. The summed E-state index contributed by atoms with van der Waals surface area (Å²) < 4.78 is 5.20. The molecule has 0 radical (unpaired) electrons. The number of ketones is 1. The number of anilines is 1.